The van der Waals surface area contributed by atoms with E-state index in [1.807, 2.05) is 6.07 Å². The molecule has 102 valence electrons. The molecule has 19 heavy (non-hydrogen) atoms. The summed E-state index contributed by atoms with van der Waals surface area (Å²) in [5.74, 6) is 1.84. The number of rotatable bonds is 3. The van der Waals surface area contributed by atoms with Gasteiger partial charge in [0.1, 0.15) is 0 Å². The van der Waals surface area contributed by atoms with Gasteiger partial charge in [-0.3, -0.25) is 4.79 Å². The van der Waals surface area contributed by atoms with Gasteiger partial charge in [0.05, 0.1) is 10.6 Å². The fourth-order valence-corrected chi connectivity index (χ4v) is 3.04. The van der Waals surface area contributed by atoms with Crippen molar-refractivity contribution in [2.24, 2.45) is 5.92 Å². The molecule has 1 fully saturated rings. The molecule has 0 atom stereocenters. The third-order valence-electron chi connectivity index (χ3n) is 3.79. The van der Waals surface area contributed by atoms with Gasteiger partial charge in [-0.05, 0) is 49.9 Å². The highest BCUT2D eigenvalue weighted by Gasteiger charge is 2.26. The number of carbonyl (C=O) groups is 1. The second kappa shape index (κ2) is 5.39. The SMILES string of the molecule is O=Cc1c(Cl)cc(CC2CCNCC2)c2c1OCO2. The normalized spacial score (nSPS) is 18.6. The smallest absolute Gasteiger partial charge is 0.231 e. The Bertz CT molecular complexity index is 498. The van der Waals surface area contributed by atoms with Crippen LogP contribution in [0.5, 0.6) is 11.5 Å². The molecular formula is C14H16ClNO3. The molecule has 2 aliphatic rings. The van der Waals surface area contributed by atoms with Crippen molar-refractivity contribution in [2.75, 3.05) is 19.9 Å². The first-order chi connectivity index (χ1) is 9.29. The summed E-state index contributed by atoms with van der Waals surface area (Å²) in [7, 11) is 0. The van der Waals surface area contributed by atoms with Gasteiger partial charge in [0.15, 0.2) is 17.8 Å². The molecule has 0 amide bonds. The highest BCUT2D eigenvalue weighted by atomic mass is 35.5. The number of carbonyl (C=O) groups excluding carboxylic acids is 1. The number of aldehydes is 1. The summed E-state index contributed by atoms with van der Waals surface area (Å²) in [4.78, 5) is 11.1. The van der Waals surface area contributed by atoms with Gasteiger partial charge in [-0.15, -0.1) is 0 Å². The lowest BCUT2D eigenvalue weighted by Crippen LogP contribution is -2.28. The number of hydrogen-bond donors (Lipinski definition) is 1. The van der Waals surface area contributed by atoms with Crippen molar-refractivity contribution in [3.63, 3.8) is 0 Å². The van der Waals surface area contributed by atoms with Crippen LogP contribution in [0.3, 0.4) is 0 Å². The van der Waals surface area contributed by atoms with E-state index in [1.54, 1.807) is 0 Å². The molecule has 1 N–H and O–H groups in total. The number of halogens is 1. The highest BCUT2D eigenvalue weighted by Crippen LogP contribution is 2.43. The third kappa shape index (κ3) is 2.42. The molecule has 1 aromatic carbocycles. The number of nitrogens with one attached hydrogen (secondary N) is 1. The van der Waals surface area contributed by atoms with Crippen molar-refractivity contribution in [1.29, 1.82) is 0 Å². The van der Waals surface area contributed by atoms with E-state index in [9.17, 15) is 4.79 Å². The molecule has 1 saturated heterocycles. The lowest BCUT2D eigenvalue weighted by atomic mass is 9.90. The highest BCUT2D eigenvalue weighted by molar-refractivity contribution is 6.33. The molecule has 2 heterocycles. The molecule has 0 aromatic heterocycles. The van der Waals surface area contributed by atoms with E-state index in [2.05, 4.69) is 5.32 Å². The van der Waals surface area contributed by atoms with E-state index in [4.69, 9.17) is 21.1 Å². The summed E-state index contributed by atoms with van der Waals surface area (Å²) in [5, 5.41) is 3.80. The van der Waals surface area contributed by atoms with E-state index in [0.717, 1.165) is 44.2 Å². The van der Waals surface area contributed by atoms with Crippen molar-refractivity contribution < 1.29 is 14.3 Å². The molecule has 0 saturated carbocycles. The Morgan fingerprint density at radius 1 is 1.32 bits per heavy atom. The topological polar surface area (TPSA) is 47.6 Å². The van der Waals surface area contributed by atoms with Crippen molar-refractivity contribution in [1.82, 2.24) is 5.32 Å². The molecule has 0 spiro atoms. The van der Waals surface area contributed by atoms with Gasteiger partial charge in [-0.2, -0.15) is 0 Å². The Kier molecular flexibility index (Phi) is 3.62. The fraction of sp³-hybridized carbons (Fsp3) is 0.500. The lowest BCUT2D eigenvalue weighted by molar-refractivity contribution is 0.111. The fourth-order valence-electron chi connectivity index (χ4n) is 2.78. The van der Waals surface area contributed by atoms with Crippen LogP contribution in [-0.4, -0.2) is 26.2 Å². The molecule has 0 radical (unpaired) electrons. The van der Waals surface area contributed by atoms with Crippen molar-refractivity contribution in [3.05, 3.63) is 22.2 Å². The minimum Gasteiger partial charge on any atom is -0.453 e. The van der Waals surface area contributed by atoms with E-state index >= 15 is 0 Å². The minimum absolute atomic E-state index is 0.162. The standard InChI is InChI=1S/C14H16ClNO3/c15-12-6-10(5-9-1-3-16-4-2-9)13-14(11(12)7-17)19-8-18-13/h6-7,9,16H,1-5,8H2. The maximum Gasteiger partial charge on any atom is 0.231 e. The molecular weight excluding hydrogens is 266 g/mol. The van der Waals surface area contributed by atoms with Gasteiger partial charge < -0.3 is 14.8 Å². The summed E-state index contributed by atoms with van der Waals surface area (Å²) in [6.45, 7) is 2.28. The molecule has 0 bridgehead atoms. The summed E-state index contributed by atoms with van der Waals surface area (Å²) in [5.41, 5.74) is 1.44. The number of ether oxygens (including phenoxy) is 2. The molecule has 0 unspecified atom stereocenters. The average molecular weight is 282 g/mol. The summed E-state index contributed by atoms with van der Waals surface area (Å²) < 4.78 is 10.9. The predicted molar refractivity (Wildman–Crippen MR) is 72.3 cm³/mol. The summed E-state index contributed by atoms with van der Waals surface area (Å²) in [6, 6.07) is 1.85. The monoisotopic (exact) mass is 281 g/mol. The van der Waals surface area contributed by atoms with Gasteiger partial charge in [0, 0.05) is 0 Å². The van der Waals surface area contributed by atoms with Gasteiger partial charge in [-0.25, -0.2) is 0 Å². The molecule has 2 aliphatic heterocycles. The van der Waals surface area contributed by atoms with Crippen LogP contribution in [0.15, 0.2) is 6.07 Å². The first kappa shape index (κ1) is 12.8. The molecule has 4 nitrogen and oxygen atoms in total. The van der Waals surface area contributed by atoms with Crippen molar-refractivity contribution in [3.8, 4) is 11.5 Å². The van der Waals surface area contributed by atoms with Gasteiger partial charge in [0.2, 0.25) is 6.79 Å². The van der Waals surface area contributed by atoms with E-state index in [0.29, 0.717) is 28.0 Å². The Morgan fingerprint density at radius 2 is 2.05 bits per heavy atom. The Labute approximate surface area is 117 Å². The summed E-state index contributed by atoms with van der Waals surface area (Å²) >= 11 is 6.15. The lowest BCUT2D eigenvalue weighted by Gasteiger charge is -2.23. The molecule has 1 aromatic rings. The van der Waals surface area contributed by atoms with Crippen molar-refractivity contribution >= 4 is 17.9 Å². The maximum atomic E-state index is 11.1. The summed E-state index contributed by atoms with van der Waals surface area (Å²) in [6.07, 6.45) is 3.96. The van der Waals surface area contributed by atoms with Crippen LogP contribution in [0, 0.1) is 5.92 Å². The van der Waals surface area contributed by atoms with Gasteiger partial charge in [-0.1, -0.05) is 11.6 Å². The number of hydrogen-bond acceptors (Lipinski definition) is 4. The van der Waals surface area contributed by atoms with Crippen molar-refractivity contribution in [2.45, 2.75) is 19.3 Å². The second-order valence-electron chi connectivity index (χ2n) is 5.01. The molecule has 3 rings (SSSR count). The largest absolute Gasteiger partial charge is 0.453 e. The number of piperidine rings is 1. The average Bonchev–Trinajstić information content (AvgIpc) is 2.89. The zero-order chi connectivity index (χ0) is 13.2. The van der Waals surface area contributed by atoms with Crippen LogP contribution < -0.4 is 14.8 Å². The van der Waals surface area contributed by atoms with Gasteiger partial charge >= 0.3 is 0 Å². The molecule has 0 aliphatic carbocycles. The van der Waals surface area contributed by atoms with E-state index < -0.39 is 0 Å². The molecule has 5 heteroatoms. The Hall–Kier alpha value is -1.26. The van der Waals surface area contributed by atoms with Crippen LogP contribution in [0.4, 0.5) is 0 Å². The minimum atomic E-state index is 0.162. The number of benzene rings is 1. The second-order valence-corrected chi connectivity index (χ2v) is 5.42. The van der Waals surface area contributed by atoms with Crippen LogP contribution >= 0.6 is 11.6 Å². The van der Waals surface area contributed by atoms with Crippen LogP contribution in [0.1, 0.15) is 28.8 Å². The van der Waals surface area contributed by atoms with E-state index in [-0.39, 0.29) is 6.79 Å². The van der Waals surface area contributed by atoms with Crippen LogP contribution in [-0.2, 0) is 6.42 Å². The quantitative estimate of drug-likeness (QED) is 0.865. The predicted octanol–water partition coefficient (Wildman–Crippen LogP) is 2.42. The van der Waals surface area contributed by atoms with Gasteiger partial charge in [0.25, 0.3) is 0 Å². The third-order valence-corrected chi connectivity index (χ3v) is 4.11. The maximum absolute atomic E-state index is 11.1. The Morgan fingerprint density at radius 3 is 2.79 bits per heavy atom. The zero-order valence-corrected chi connectivity index (χ0v) is 11.3. The zero-order valence-electron chi connectivity index (χ0n) is 10.6. The van der Waals surface area contributed by atoms with Crippen LogP contribution in [0.25, 0.3) is 0 Å². The first-order valence-electron chi connectivity index (χ1n) is 6.56. The van der Waals surface area contributed by atoms with E-state index in [1.165, 1.54) is 0 Å². The van der Waals surface area contributed by atoms with Crippen LogP contribution in [0.2, 0.25) is 5.02 Å². The first-order valence-corrected chi connectivity index (χ1v) is 6.94. The number of fused-ring (bicyclic) bond motifs is 1. The Balaban J connectivity index is 1.91.